The molecule has 2 aliphatic rings. The number of nitrogens with one attached hydrogen (secondary N) is 1. The van der Waals surface area contributed by atoms with Crippen LogP contribution in [0.5, 0.6) is 5.75 Å². The van der Waals surface area contributed by atoms with Crippen LogP contribution in [-0.4, -0.2) is 37.4 Å². The van der Waals surface area contributed by atoms with E-state index in [1.54, 1.807) is 6.07 Å². The maximum Gasteiger partial charge on any atom is 0.495 e. The molecule has 1 saturated heterocycles. The zero-order chi connectivity index (χ0) is 17.0. The van der Waals surface area contributed by atoms with Crippen molar-refractivity contribution in [3.8, 4) is 5.75 Å². The SMILES string of the molecule is Cc1c(B2OC(C)(C)C(C)(C)O2)cc2c(c1Cl)OCCNC2=O. The molecule has 0 radical (unpaired) electrons. The van der Waals surface area contributed by atoms with E-state index in [1.165, 1.54) is 0 Å². The average Bonchev–Trinajstić information content (AvgIpc) is 2.59. The number of benzene rings is 1. The summed E-state index contributed by atoms with van der Waals surface area (Å²) in [6, 6.07) is 1.76. The highest BCUT2D eigenvalue weighted by Crippen LogP contribution is 2.38. The second kappa shape index (κ2) is 5.40. The minimum absolute atomic E-state index is 0.197. The quantitative estimate of drug-likeness (QED) is 0.797. The number of carbonyl (C=O) groups is 1. The molecule has 1 aromatic rings. The first kappa shape index (κ1) is 16.6. The minimum Gasteiger partial charge on any atom is -0.489 e. The van der Waals surface area contributed by atoms with Crippen LogP contribution in [0.1, 0.15) is 43.6 Å². The standard InChI is InChI=1S/C16H21BClNO4/c1-9-11(17-22-15(2,3)16(4,5)23-17)8-10-13(12(9)18)21-7-6-19-14(10)20/h8H,6-7H2,1-5H3,(H,19,20). The highest BCUT2D eigenvalue weighted by atomic mass is 35.5. The normalized spacial score (nSPS) is 22.2. The lowest BCUT2D eigenvalue weighted by molar-refractivity contribution is 0.00578. The van der Waals surface area contributed by atoms with E-state index in [1.807, 2.05) is 34.6 Å². The van der Waals surface area contributed by atoms with Crippen molar-refractivity contribution in [2.24, 2.45) is 0 Å². The van der Waals surface area contributed by atoms with Crippen LogP contribution in [0.25, 0.3) is 0 Å². The van der Waals surface area contributed by atoms with Crippen molar-refractivity contribution in [1.29, 1.82) is 0 Å². The van der Waals surface area contributed by atoms with Gasteiger partial charge in [0.2, 0.25) is 0 Å². The van der Waals surface area contributed by atoms with E-state index < -0.39 is 18.3 Å². The molecule has 2 aliphatic heterocycles. The van der Waals surface area contributed by atoms with Crippen LogP contribution in [-0.2, 0) is 9.31 Å². The molecule has 3 rings (SSSR count). The van der Waals surface area contributed by atoms with Crippen molar-refractivity contribution < 1.29 is 18.8 Å². The molecule has 0 aromatic heterocycles. The van der Waals surface area contributed by atoms with Gasteiger partial charge in [0.25, 0.3) is 5.91 Å². The first-order valence-electron chi connectivity index (χ1n) is 7.74. The Morgan fingerprint density at radius 2 is 1.83 bits per heavy atom. The van der Waals surface area contributed by atoms with Crippen LogP contribution in [0.2, 0.25) is 5.02 Å². The Kier molecular flexibility index (Phi) is 3.90. The molecule has 23 heavy (non-hydrogen) atoms. The molecule has 7 heteroatoms. The van der Waals surface area contributed by atoms with E-state index in [0.717, 1.165) is 11.0 Å². The predicted octanol–water partition coefficient (Wildman–Crippen LogP) is 2.07. The topological polar surface area (TPSA) is 56.8 Å². The molecule has 124 valence electrons. The second-order valence-electron chi connectivity index (χ2n) is 6.97. The second-order valence-corrected chi connectivity index (χ2v) is 7.35. The van der Waals surface area contributed by atoms with Crippen LogP contribution in [0.15, 0.2) is 6.07 Å². The predicted molar refractivity (Wildman–Crippen MR) is 89.7 cm³/mol. The van der Waals surface area contributed by atoms with Gasteiger partial charge in [0.15, 0.2) is 5.75 Å². The summed E-state index contributed by atoms with van der Waals surface area (Å²) in [7, 11) is -0.571. The van der Waals surface area contributed by atoms with E-state index >= 15 is 0 Å². The summed E-state index contributed by atoms with van der Waals surface area (Å²) in [5.41, 5.74) is 1.07. The lowest BCUT2D eigenvalue weighted by Crippen LogP contribution is -2.41. The zero-order valence-electron chi connectivity index (χ0n) is 14.1. The molecule has 0 atom stereocenters. The number of ether oxygens (including phenoxy) is 1. The Bertz CT molecular complexity index is 659. The third kappa shape index (κ3) is 2.63. The molecule has 5 nitrogen and oxygen atoms in total. The van der Waals surface area contributed by atoms with Crippen molar-refractivity contribution >= 4 is 30.1 Å². The molecule has 0 spiro atoms. The van der Waals surface area contributed by atoms with Crippen molar-refractivity contribution in [1.82, 2.24) is 5.32 Å². The van der Waals surface area contributed by atoms with Gasteiger partial charge in [-0.3, -0.25) is 4.79 Å². The zero-order valence-corrected chi connectivity index (χ0v) is 14.8. The van der Waals surface area contributed by atoms with Crippen molar-refractivity contribution in [2.75, 3.05) is 13.2 Å². The van der Waals surface area contributed by atoms with E-state index in [-0.39, 0.29) is 5.91 Å². The Morgan fingerprint density at radius 3 is 2.43 bits per heavy atom. The summed E-state index contributed by atoms with van der Waals surface area (Å²) in [4.78, 5) is 12.3. The average molecular weight is 338 g/mol. The highest BCUT2D eigenvalue weighted by molar-refractivity contribution is 6.63. The van der Waals surface area contributed by atoms with Crippen LogP contribution in [0, 0.1) is 6.92 Å². The number of carbonyl (C=O) groups excluding carboxylic acids is 1. The summed E-state index contributed by atoms with van der Waals surface area (Å²) in [5.74, 6) is 0.233. The Balaban J connectivity index is 2.08. The summed E-state index contributed by atoms with van der Waals surface area (Å²) in [5, 5.41) is 3.23. The van der Waals surface area contributed by atoms with Gasteiger partial charge in [-0.15, -0.1) is 0 Å². The fourth-order valence-corrected chi connectivity index (χ4v) is 2.95. The molecular formula is C16H21BClNO4. The molecule has 0 aliphatic carbocycles. The first-order chi connectivity index (χ1) is 10.6. The summed E-state index contributed by atoms with van der Waals surface area (Å²) >= 11 is 6.46. The molecule has 1 N–H and O–H groups in total. The van der Waals surface area contributed by atoms with E-state index in [4.69, 9.17) is 25.6 Å². The molecular weight excluding hydrogens is 316 g/mol. The minimum atomic E-state index is -0.571. The van der Waals surface area contributed by atoms with E-state index in [9.17, 15) is 4.79 Å². The number of halogens is 1. The van der Waals surface area contributed by atoms with Crippen LogP contribution in [0.3, 0.4) is 0 Å². The number of fused-ring (bicyclic) bond motifs is 1. The maximum atomic E-state index is 12.3. The lowest BCUT2D eigenvalue weighted by atomic mass is 9.75. The van der Waals surface area contributed by atoms with Gasteiger partial charge in [0.05, 0.1) is 28.3 Å². The molecule has 0 bridgehead atoms. The number of hydrogen-bond acceptors (Lipinski definition) is 4. The Labute approximate surface area is 141 Å². The van der Waals surface area contributed by atoms with Crippen LogP contribution in [0.4, 0.5) is 0 Å². The van der Waals surface area contributed by atoms with Gasteiger partial charge >= 0.3 is 7.12 Å². The van der Waals surface area contributed by atoms with Gasteiger partial charge in [-0.1, -0.05) is 11.6 Å². The van der Waals surface area contributed by atoms with Crippen molar-refractivity contribution in [2.45, 2.75) is 45.8 Å². The fraction of sp³-hybridized carbons (Fsp3) is 0.562. The molecule has 1 aromatic carbocycles. The smallest absolute Gasteiger partial charge is 0.489 e. The largest absolute Gasteiger partial charge is 0.495 e. The fourth-order valence-electron chi connectivity index (χ4n) is 2.68. The van der Waals surface area contributed by atoms with Gasteiger partial charge < -0.3 is 19.4 Å². The van der Waals surface area contributed by atoms with Gasteiger partial charge in [0.1, 0.15) is 6.61 Å². The monoisotopic (exact) mass is 337 g/mol. The summed E-state index contributed by atoms with van der Waals surface area (Å²) in [6.45, 7) is 10.7. The summed E-state index contributed by atoms with van der Waals surface area (Å²) in [6.07, 6.45) is 0. The van der Waals surface area contributed by atoms with Gasteiger partial charge in [0, 0.05) is 0 Å². The Hall–Kier alpha value is -1.24. The number of amides is 1. The van der Waals surface area contributed by atoms with Gasteiger partial charge in [-0.25, -0.2) is 0 Å². The third-order valence-corrected chi connectivity index (χ3v) is 5.35. The third-order valence-electron chi connectivity index (χ3n) is 4.89. The van der Waals surface area contributed by atoms with Crippen LogP contribution < -0.4 is 15.5 Å². The van der Waals surface area contributed by atoms with Gasteiger partial charge in [-0.2, -0.15) is 0 Å². The van der Waals surface area contributed by atoms with Gasteiger partial charge in [-0.05, 0) is 51.7 Å². The highest BCUT2D eigenvalue weighted by Gasteiger charge is 2.52. The summed E-state index contributed by atoms with van der Waals surface area (Å²) < 4.78 is 17.8. The number of rotatable bonds is 1. The van der Waals surface area contributed by atoms with Crippen molar-refractivity contribution in [3.05, 3.63) is 22.2 Å². The van der Waals surface area contributed by atoms with Crippen molar-refractivity contribution in [3.63, 3.8) is 0 Å². The number of hydrogen-bond donors (Lipinski definition) is 1. The Morgan fingerprint density at radius 1 is 1.22 bits per heavy atom. The van der Waals surface area contributed by atoms with Crippen LogP contribution >= 0.6 is 11.6 Å². The molecule has 0 saturated carbocycles. The van der Waals surface area contributed by atoms with E-state index in [2.05, 4.69) is 5.32 Å². The lowest BCUT2D eigenvalue weighted by Gasteiger charge is -2.32. The molecule has 2 heterocycles. The molecule has 1 amide bonds. The van der Waals surface area contributed by atoms with E-state index in [0.29, 0.717) is 29.5 Å². The molecule has 0 unspecified atom stereocenters. The molecule has 1 fully saturated rings. The first-order valence-corrected chi connectivity index (χ1v) is 8.11. The maximum absolute atomic E-state index is 12.3.